The lowest BCUT2D eigenvalue weighted by molar-refractivity contribution is 0.713. The van der Waals surface area contributed by atoms with Crippen LogP contribution in [0.1, 0.15) is 11.1 Å². The zero-order valence-corrected chi connectivity index (χ0v) is 12.0. The molecule has 3 aromatic rings. The van der Waals surface area contributed by atoms with Gasteiger partial charge in [0.15, 0.2) is 0 Å². The van der Waals surface area contributed by atoms with Gasteiger partial charge in [0.2, 0.25) is 0 Å². The molecule has 1 N–H and O–H groups in total. The van der Waals surface area contributed by atoms with Crippen molar-refractivity contribution in [3.05, 3.63) is 54.0 Å². The first kappa shape index (κ1) is 12.9. The van der Waals surface area contributed by atoms with E-state index < -0.39 is 0 Å². The Balaban J connectivity index is 1.87. The van der Waals surface area contributed by atoms with Crippen LogP contribution < -0.4 is 5.32 Å². The summed E-state index contributed by atoms with van der Waals surface area (Å²) in [5, 5.41) is 8.80. The fourth-order valence-electron chi connectivity index (χ4n) is 2.69. The van der Waals surface area contributed by atoms with Gasteiger partial charge in [-0.15, -0.1) is 0 Å². The fourth-order valence-corrected chi connectivity index (χ4v) is 2.69. The average molecular weight is 268 g/mol. The number of nitrogens with zero attached hydrogens (tertiary/aromatic N) is 3. The van der Waals surface area contributed by atoms with Crippen LogP contribution >= 0.6 is 0 Å². The molecule has 0 saturated heterocycles. The van der Waals surface area contributed by atoms with E-state index in [0.29, 0.717) is 0 Å². The third-order valence-electron chi connectivity index (χ3n) is 3.64. The molecule has 0 atom stereocenters. The molecule has 0 aliphatic carbocycles. The Bertz CT molecular complexity index is 708. The molecule has 4 heteroatoms. The van der Waals surface area contributed by atoms with Gasteiger partial charge in [-0.2, -0.15) is 5.10 Å². The highest BCUT2D eigenvalue weighted by Gasteiger charge is 2.07. The number of para-hydroxylation sites is 1. The number of nitrogens with one attached hydrogen (secondary N) is 1. The highest BCUT2D eigenvalue weighted by atomic mass is 15.2. The van der Waals surface area contributed by atoms with Gasteiger partial charge < -0.3 is 9.88 Å². The Morgan fingerprint density at radius 1 is 1.20 bits per heavy atom. The molecule has 20 heavy (non-hydrogen) atoms. The molecule has 0 aliphatic rings. The van der Waals surface area contributed by atoms with Crippen LogP contribution in [0.2, 0.25) is 0 Å². The van der Waals surface area contributed by atoms with Crippen molar-refractivity contribution in [1.29, 1.82) is 0 Å². The topological polar surface area (TPSA) is 34.8 Å². The quantitative estimate of drug-likeness (QED) is 0.771. The second-order valence-electron chi connectivity index (χ2n) is 5.17. The van der Waals surface area contributed by atoms with Crippen molar-refractivity contribution < 1.29 is 0 Å². The lowest BCUT2D eigenvalue weighted by Gasteiger charge is -2.03. The zero-order chi connectivity index (χ0) is 13.9. The lowest BCUT2D eigenvalue weighted by atomic mass is 10.2. The summed E-state index contributed by atoms with van der Waals surface area (Å²) < 4.78 is 4.20. The third kappa shape index (κ3) is 2.47. The zero-order valence-electron chi connectivity index (χ0n) is 12.0. The summed E-state index contributed by atoms with van der Waals surface area (Å²) in [5.74, 6) is 0. The van der Waals surface area contributed by atoms with Crippen LogP contribution in [-0.4, -0.2) is 21.4 Å². The standard InChI is InChI=1S/C16H20N4/c1-17-10-14-12-20(16-6-4-3-5-15(14)16)8-7-13-9-18-19(2)11-13/h3-6,9,11-12,17H,7-8,10H2,1-2H3. The van der Waals surface area contributed by atoms with Crippen LogP contribution in [0.5, 0.6) is 0 Å². The molecule has 0 amide bonds. The lowest BCUT2D eigenvalue weighted by Crippen LogP contribution is -2.04. The average Bonchev–Trinajstić information content (AvgIpc) is 3.02. The summed E-state index contributed by atoms with van der Waals surface area (Å²) in [7, 11) is 3.95. The van der Waals surface area contributed by atoms with E-state index in [1.807, 2.05) is 25.0 Å². The van der Waals surface area contributed by atoms with Gasteiger partial charge in [0, 0.05) is 43.4 Å². The number of aryl methyl sites for hydroxylation is 3. The third-order valence-corrected chi connectivity index (χ3v) is 3.64. The van der Waals surface area contributed by atoms with Crippen molar-refractivity contribution in [3.63, 3.8) is 0 Å². The van der Waals surface area contributed by atoms with Crippen LogP contribution in [0.4, 0.5) is 0 Å². The van der Waals surface area contributed by atoms with E-state index in [9.17, 15) is 0 Å². The van der Waals surface area contributed by atoms with Crippen LogP contribution in [0.15, 0.2) is 42.9 Å². The Morgan fingerprint density at radius 2 is 2.05 bits per heavy atom. The van der Waals surface area contributed by atoms with E-state index in [1.54, 1.807) is 0 Å². The second-order valence-corrected chi connectivity index (χ2v) is 5.17. The minimum Gasteiger partial charge on any atom is -0.347 e. The number of rotatable bonds is 5. The van der Waals surface area contributed by atoms with Crippen molar-refractivity contribution in [3.8, 4) is 0 Å². The van der Waals surface area contributed by atoms with Crippen molar-refractivity contribution in [2.45, 2.75) is 19.5 Å². The van der Waals surface area contributed by atoms with Gasteiger partial charge in [-0.3, -0.25) is 4.68 Å². The second kappa shape index (κ2) is 5.51. The maximum absolute atomic E-state index is 4.22. The molecule has 0 unspecified atom stereocenters. The van der Waals surface area contributed by atoms with E-state index >= 15 is 0 Å². The van der Waals surface area contributed by atoms with Gasteiger partial charge in [0.25, 0.3) is 0 Å². The van der Waals surface area contributed by atoms with Crippen LogP contribution in [0, 0.1) is 0 Å². The molecule has 104 valence electrons. The van der Waals surface area contributed by atoms with Crippen LogP contribution in [0.3, 0.4) is 0 Å². The molecule has 0 saturated carbocycles. The van der Waals surface area contributed by atoms with Gasteiger partial charge in [-0.05, 0) is 30.7 Å². The molecule has 0 bridgehead atoms. The van der Waals surface area contributed by atoms with Crippen LogP contribution in [0.25, 0.3) is 10.9 Å². The van der Waals surface area contributed by atoms with Gasteiger partial charge in [0.05, 0.1) is 6.20 Å². The van der Waals surface area contributed by atoms with E-state index in [2.05, 4.69) is 51.6 Å². The summed E-state index contributed by atoms with van der Waals surface area (Å²) in [6.45, 7) is 1.89. The Kier molecular flexibility index (Phi) is 3.56. The van der Waals surface area contributed by atoms with Gasteiger partial charge in [-0.25, -0.2) is 0 Å². The van der Waals surface area contributed by atoms with Gasteiger partial charge in [0.1, 0.15) is 0 Å². The number of hydrogen-bond acceptors (Lipinski definition) is 2. The molecule has 0 aliphatic heterocycles. The first-order chi connectivity index (χ1) is 9.78. The minimum atomic E-state index is 0.903. The Morgan fingerprint density at radius 3 is 2.80 bits per heavy atom. The normalized spacial score (nSPS) is 11.3. The molecule has 0 radical (unpaired) electrons. The molecular formula is C16H20N4. The first-order valence-corrected chi connectivity index (χ1v) is 6.97. The molecule has 1 aromatic carbocycles. The summed E-state index contributed by atoms with van der Waals surface area (Å²) >= 11 is 0. The largest absolute Gasteiger partial charge is 0.347 e. The van der Waals surface area contributed by atoms with Gasteiger partial charge in [-0.1, -0.05) is 18.2 Å². The predicted molar refractivity (Wildman–Crippen MR) is 81.6 cm³/mol. The maximum Gasteiger partial charge on any atom is 0.0522 e. The molecule has 0 fully saturated rings. The molecule has 2 aromatic heterocycles. The first-order valence-electron chi connectivity index (χ1n) is 6.97. The molecule has 3 rings (SSSR count). The highest BCUT2D eigenvalue weighted by molar-refractivity contribution is 5.83. The van der Waals surface area contributed by atoms with Crippen LogP contribution in [-0.2, 0) is 26.6 Å². The van der Waals surface area contributed by atoms with E-state index in [0.717, 1.165) is 19.5 Å². The SMILES string of the molecule is CNCc1cn(CCc2cnn(C)c2)c2ccccc12. The summed E-state index contributed by atoms with van der Waals surface area (Å²) in [6, 6.07) is 8.60. The van der Waals surface area contributed by atoms with Crippen molar-refractivity contribution in [1.82, 2.24) is 19.7 Å². The Hall–Kier alpha value is -2.07. The predicted octanol–water partition coefficient (Wildman–Crippen LogP) is 2.34. The molecule has 2 heterocycles. The molecular weight excluding hydrogens is 248 g/mol. The smallest absolute Gasteiger partial charge is 0.0522 e. The van der Waals surface area contributed by atoms with Gasteiger partial charge >= 0.3 is 0 Å². The van der Waals surface area contributed by atoms with E-state index in [1.165, 1.54) is 22.0 Å². The molecule has 0 spiro atoms. The summed E-state index contributed by atoms with van der Waals surface area (Å²) in [5.41, 5.74) is 3.94. The number of fused-ring (bicyclic) bond motifs is 1. The van der Waals surface area contributed by atoms with E-state index in [4.69, 9.17) is 0 Å². The number of benzene rings is 1. The number of hydrogen-bond donors (Lipinski definition) is 1. The van der Waals surface area contributed by atoms with E-state index in [-0.39, 0.29) is 0 Å². The fraction of sp³-hybridized carbons (Fsp3) is 0.312. The maximum atomic E-state index is 4.22. The monoisotopic (exact) mass is 268 g/mol. The number of aromatic nitrogens is 3. The highest BCUT2D eigenvalue weighted by Crippen LogP contribution is 2.21. The Labute approximate surface area is 119 Å². The summed E-state index contributed by atoms with van der Waals surface area (Å²) in [4.78, 5) is 0. The molecule has 4 nitrogen and oxygen atoms in total. The minimum absolute atomic E-state index is 0.903. The van der Waals surface area contributed by atoms with Crippen molar-refractivity contribution in [2.75, 3.05) is 7.05 Å². The van der Waals surface area contributed by atoms with Crippen molar-refractivity contribution >= 4 is 10.9 Å². The summed E-state index contributed by atoms with van der Waals surface area (Å²) in [6.07, 6.45) is 7.30. The van der Waals surface area contributed by atoms with Crippen molar-refractivity contribution in [2.24, 2.45) is 7.05 Å².